The van der Waals surface area contributed by atoms with Gasteiger partial charge in [0.1, 0.15) is 5.75 Å². The first-order chi connectivity index (χ1) is 16.0. The first-order valence-electron chi connectivity index (χ1n) is 10.2. The summed E-state index contributed by atoms with van der Waals surface area (Å²) < 4.78 is 7.21. The second-order valence-corrected chi connectivity index (χ2v) is 8.16. The molecular formula is C23H24ClN5O3S. The van der Waals surface area contributed by atoms with Crippen LogP contribution in [-0.4, -0.2) is 38.9 Å². The van der Waals surface area contributed by atoms with Crippen LogP contribution in [0.15, 0.2) is 66.3 Å². The molecule has 2 amide bonds. The van der Waals surface area contributed by atoms with E-state index in [1.807, 2.05) is 6.92 Å². The molecular weight excluding hydrogens is 462 g/mol. The lowest BCUT2D eigenvalue weighted by atomic mass is 10.2. The Labute approximate surface area is 201 Å². The molecule has 2 N–H and O–H groups in total. The minimum Gasteiger partial charge on any atom is -0.494 e. The van der Waals surface area contributed by atoms with Gasteiger partial charge >= 0.3 is 0 Å². The summed E-state index contributed by atoms with van der Waals surface area (Å²) in [5.74, 6) is 1.01. The lowest BCUT2D eigenvalue weighted by Gasteiger charge is -2.09. The number of nitrogens with one attached hydrogen (secondary N) is 2. The Kier molecular flexibility index (Phi) is 8.91. The van der Waals surface area contributed by atoms with Gasteiger partial charge in [0.25, 0.3) is 5.91 Å². The van der Waals surface area contributed by atoms with E-state index >= 15 is 0 Å². The molecule has 0 bridgehead atoms. The minimum atomic E-state index is -0.269. The van der Waals surface area contributed by atoms with Gasteiger partial charge in [0.2, 0.25) is 5.91 Å². The Balaban J connectivity index is 1.57. The van der Waals surface area contributed by atoms with Crippen LogP contribution < -0.4 is 15.4 Å². The second-order valence-electron chi connectivity index (χ2n) is 6.79. The summed E-state index contributed by atoms with van der Waals surface area (Å²) in [6, 6.07) is 13.9. The van der Waals surface area contributed by atoms with Crippen LogP contribution in [0.25, 0.3) is 0 Å². The summed E-state index contributed by atoms with van der Waals surface area (Å²) in [5.41, 5.74) is 1.14. The van der Waals surface area contributed by atoms with E-state index in [9.17, 15) is 9.59 Å². The quantitative estimate of drug-likeness (QED) is 0.312. The number of benzene rings is 2. The van der Waals surface area contributed by atoms with E-state index in [0.717, 1.165) is 5.75 Å². The van der Waals surface area contributed by atoms with E-state index in [1.54, 1.807) is 59.2 Å². The van der Waals surface area contributed by atoms with Gasteiger partial charge in [0, 0.05) is 22.8 Å². The van der Waals surface area contributed by atoms with Crippen molar-refractivity contribution in [1.29, 1.82) is 0 Å². The van der Waals surface area contributed by atoms with Crippen LogP contribution in [0, 0.1) is 0 Å². The Morgan fingerprint density at radius 2 is 2.00 bits per heavy atom. The summed E-state index contributed by atoms with van der Waals surface area (Å²) in [7, 11) is 0. The fourth-order valence-electron chi connectivity index (χ4n) is 2.89. The van der Waals surface area contributed by atoms with Crippen LogP contribution in [0.1, 0.15) is 23.1 Å². The lowest BCUT2D eigenvalue weighted by Crippen LogP contribution is -2.24. The first kappa shape index (κ1) is 24.3. The highest BCUT2D eigenvalue weighted by molar-refractivity contribution is 7.99. The number of aromatic nitrogens is 3. The number of hydrogen-bond donors (Lipinski definition) is 2. The number of hydrogen-bond acceptors (Lipinski definition) is 6. The van der Waals surface area contributed by atoms with Crippen molar-refractivity contribution in [2.24, 2.45) is 0 Å². The molecule has 8 nitrogen and oxygen atoms in total. The third-order valence-electron chi connectivity index (χ3n) is 4.38. The van der Waals surface area contributed by atoms with Crippen LogP contribution in [0.3, 0.4) is 0 Å². The van der Waals surface area contributed by atoms with Crippen molar-refractivity contribution in [3.05, 3.63) is 77.6 Å². The van der Waals surface area contributed by atoms with Crippen molar-refractivity contribution in [3.63, 3.8) is 0 Å². The van der Waals surface area contributed by atoms with Crippen LogP contribution in [0.2, 0.25) is 5.02 Å². The number of ether oxygens (including phenoxy) is 1. The normalized spacial score (nSPS) is 10.5. The molecule has 2 aromatic carbocycles. The highest BCUT2D eigenvalue weighted by Crippen LogP contribution is 2.19. The van der Waals surface area contributed by atoms with Crippen molar-refractivity contribution in [2.75, 3.05) is 17.7 Å². The Morgan fingerprint density at radius 3 is 2.70 bits per heavy atom. The van der Waals surface area contributed by atoms with E-state index < -0.39 is 0 Å². The fourth-order valence-corrected chi connectivity index (χ4v) is 3.85. The zero-order valence-corrected chi connectivity index (χ0v) is 19.7. The SMILES string of the molecule is C=CCn1c(CNC(=O)c2cccc(Cl)c2)nnc1SCC(=O)Nc1ccc(OCC)cc1. The van der Waals surface area contributed by atoms with E-state index in [2.05, 4.69) is 27.4 Å². The van der Waals surface area contributed by atoms with Gasteiger partial charge in [0.15, 0.2) is 11.0 Å². The molecule has 0 saturated heterocycles. The van der Waals surface area contributed by atoms with Crippen molar-refractivity contribution in [3.8, 4) is 5.75 Å². The van der Waals surface area contributed by atoms with Gasteiger partial charge in [-0.25, -0.2) is 0 Å². The molecule has 172 valence electrons. The Morgan fingerprint density at radius 1 is 1.21 bits per heavy atom. The zero-order valence-electron chi connectivity index (χ0n) is 18.1. The number of amides is 2. The average molecular weight is 486 g/mol. The van der Waals surface area contributed by atoms with E-state index in [-0.39, 0.29) is 24.1 Å². The maximum atomic E-state index is 12.4. The van der Waals surface area contributed by atoms with E-state index in [4.69, 9.17) is 16.3 Å². The van der Waals surface area contributed by atoms with Gasteiger partial charge in [-0.2, -0.15) is 0 Å². The summed E-state index contributed by atoms with van der Waals surface area (Å²) in [6.45, 7) is 6.88. The summed E-state index contributed by atoms with van der Waals surface area (Å²) >= 11 is 7.20. The maximum absolute atomic E-state index is 12.4. The van der Waals surface area contributed by atoms with Crippen LogP contribution in [0.5, 0.6) is 5.75 Å². The van der Waals surface area contributed by atoms with Gasteiger partial charge in [-0.1, -0.05) is 35.5 Å². The molecule has 0 atom stereocenters. The van der Waals surface area contributed by atoms with E-state index in [0.29, 0.717) is 40.4 Å². The number of thioether (sulfide) groups is 1. The third-order valence-corrected chi connectivity index (χ3v) is 5.58. The Hall–Kier alpha value is -3.30. The lowest BCUT2D eigenvalue weighted by molar-refractivity contribution is -0.113. The summed E-state index contributed by atoms with van der Waals surface area (Å²) in [4.78, 5) is 24.7. The number of nitrogens with zero attached hydrogens (tertiary/aromatic N) is 3. The molecule has 10 heteroatoms. The van der Waals surface area contributed by atoms with Gasteiger partial charge < -0.3 is 19.9 Å². The highest BCUT2D eigenvalue weighted by atomic mass is 35.5. The van der Waals surface area contributed by atoms with Crippen molar-refractivity contribution >= 4 is 40.9 Å². The number of anilines is 1. The minimum absolute atomic E-state index is 0.150. The molecule has 0 aliphatic heterocycles. The van der Waals surface area contributed by atoms with Crippen molar-refractivity contribution in [2.45, 2.75) is 25.2 Å². The molecule has 1 heterocycles. The first-order valence-corrected chi connectivity index (χ1v) is 11.6. The number of rotatable bonds is 11. The largest absolute Gasteiger partial charge is 0.494 e. The van der Waals surface area contributed by atoms with Gasteiger partial charge in [-0.05, 0) is 49.4 Å². The summed E-state index contributed by atoms with van der Waals surface area (Å²) in [5, 5.41) is 15.0. The van der Waals surface area contributed by atoms with Crippen molar-refractivity contribution in [1.82, 2.24) is 20.1 Å². The molecule has 0 aliphatic carbocycles. The number of carbonyl (C=O) groups excluding carboxylic acids is 2. The molecule has 0 unspecified atom stereocenters. The van der Waals surface area contributed by atoms with Crippen LogP contribution >= 0.6 is 23.4 Å². The molecule has 0 fully saturated rings. The predicted molar refractivity (Wildman–Crippen MR) is 130 cm³/mol. The van der Waals surface area contributed by atoms with Gasteiger partial charge in [-0.3, -0.25) is 9.59 Å². The second kappa shape index (κ2) is 12.1. The van der Waals surface area contributed by atoms with Crippen molar-refractivity contribution < 1.29 is 14.3 Å². The summed E-state index contributed by atoms with van der Waals surface area (Å²) in [6.07, 6.45) is 1.70. The smallest absolute Gasteiger partial charge is 0.251 e. The van der Waals surface area contributed by atoms with Gasteiger partial charge in [-0.15, -0.1) is 16.8 Å². The number of allylic oxidation sites excluding steroid dienone is 1. The number of carbonyl (C=O) groups is 2. The Bertz CT molecular complexity index is 1120. The maximum Gasteiger partial charge on any atom is 0.251 e. The monoisotopic (exact) mass is 485 g/mol. The molecule has 0 aliphatic rings. The molecule has 0 radical (unpaired) electrons. The standard InChI is InChI=1S/C23H24ClN5O3S/c1-3-12-29-20(14-25-22(31)16-6-5-7-17(24)13-16)27-28-23(29)33-15-21(30)26-18-8-10-19(11-9-18)32-4-2/h3,5-11,13H,1,4,12,14-15H2,2H3,(H,25,31)(H,26,30). The molecule has 33 heavy (non-hydrogen) atoms. The number of halogens is 1. The molecule has 1 aromatic heterocycles. The molecule has 0 spiro atoms. The van der Waals surface area contributed by atoms with Crippen LogP contribution in [-0.2, 0) is 17.9 Å². The predicted octanol–water partition coefficient (Wildman–Crippen LogP) is 4.18. The zero-order chi connectivity index (χ0) is 23.6. The molecule has 3 aromatic rings. The highest BCUT2D eigenvalue weighted by Gasteiger charge is 2.15. The third kappa shape index (κ3) is 7.10. The van der Waals surface area contributed by atoms with E-state index in [1.165, 1.54) is 11.8 Å². The molecule has 0 saturated carbocycles. The molecule has 3 rings (SSSR count). The van der Waals surface area contributed by atoms with Crippen LogP contribution in [0.4, 0.5) is 5.69 Å². The van der Waals surface area contributed by atoms with Gasteiger partial charge in [0.05, 0.1) is 18.9 Å². The average Bonchev–Trinajstić information content (AvgIpc) is 3.19. The fraction of sp³-hybridized carbons (Fsp3) is 0.217. The topological polar surface area (TPSA) is 98.1 Å².